The van der Waals surface area contributed by atoms with Crippen molar-refractivity contribution in [2.75, 3.05) is 43.4 Å². The van der Waals surface area contributed by atoms with E-state index in [1.165, 1.54) is 82.3 Å². The summed E-state index contributed by atoms with van der Waals surface area (Å²) in [5.74, 6) is -5.50. The lowest BCUT2D eigenvalue weighted by Crippen LogP contribution is -2.32. The highest BCUT2D eigenvalue weighted by Crippen LogP contribution is 2.50. The first-order valence-electron chi connectivity index (χ1n) is 42.4. The lowest BCUT2D eigenvalue weighted by Gasteiger charge is -2.19. The van der Waals surface area contributed by atoms with Gasteiger partial charge in [-0.1, -0.05) is 94.9 Å². The summed E-state index contributed by atoms with van der Waals surface area (Å²) in [6.07, 6.45) is 13.6. The lowest BCUT2D eigenvalue weighted by molar-refractivity contribution is 0.282. The van der Waals surface area contributed by atoms with Crippen molar-refractivity contribution in [2.45, 2.75) is 147 Å². The molecule has 5 aliphatic rings. The van der Waals surface area contributed by atoms with Gasteiger partial charge in [-0.2, -0.15) is 28.0 Å². The fraction of sp³-hybridized carbons (Fsp3) is 0.310. The zero-order chi connectivity index (χ0) is 99.4. The summed E-state index contributed by atoms with van der Waals surface area (Å²) in [7, 11) is -18.9. The van der Waals surface area contributed by atoms with E-state index in [9.17, 15) is 79.4 Å². The molecule has 10 aromatic heterocycles. The van der Waals surface area contributed by atoms with Gasteiger partial charge in [0.05, 0.1) is 48.3 Å². The number of aliphatic hydroxyl groups excluding tert-OH is 3. The minimum atomic E-state index is -3.93. The van der Waals surface area contributed by atoms with Crippen molar-refractivity contribution in [3.63, 3.8) is 0 Å². The lowest BCUT2D eigenvalue weighted by atomic mass is 10.0. The Morgan fingerprint density at radius 1 is 0.439 bits per heavy atom. The molecule has 5 fully saturated rings. The third-order valence-electron chi connectivity index (χ3n) is 23.8. The molecule has 10 heterocycles. The van der Waals surface area contributed by atoms with Crippen molar-refractivity contribution < 1.29 is 97.1 Å². The van der Waals surface area contributed by atoms with Gasteiger partial charge in [0.2, 0.25) is 67.6 Å². The third kappa shape index (κ3) is 22.6. The molecular weight excluding hydrogens is 2380 g/mol. The fourth-order valence-electron chi connectivity index (χ4n) is 15.1. The molecule has 5 saturated carbocycles. The Balaban J connectivity index is 0.000000126. The van der Waals surface area contributed by atoms with Gasteiger partial charge in [-0.25, -0.2) is 102 Å². The van der Waals surface area contributed by atoms with Crippen LogP contribution in [0.3, 0.4) is 0 Å². The molecule has 0 spiro atoms. The van der Waals surface area contributed by atoms with Gasteiger partial charge in [0.25, 0.3) is 0 Å². The molecule has 33 nitrogen and oxygen atoms in total. The van der Waals surface area contributed by atoms with Crippen LogP contribution >= 0.6 is 105 Å². The average molecular weight is 2460 g/mol. The van der Waals surface area contributed by atoms with Crippen LogP contribution in [0.15, 0.2) is 164 Å². The molecule has 5 aromatic carbocycles. The van der Waals surface area contributed by atoms with Crippen LogP contribution in [0.25, 0.3) is 33.7 Å². The number of aryl methyl sites for hydroxylation is 1. The summed E-state index contributed by atoms with van der Waals surface area (Å²) in [5.41, 5.74) is 3.08. The highest BCUT2D eigenvalue weighted by molar-refractivity contribution is 14.1. The number of imidazole rings is 2. The molecule has 20 rings (SSSR count). The Morgan fingerprint density at radius 2 is 0.835 bits per heavy atom. The summed E-state index contributed by atoms with van der Waals surface area (Å²) in [5, 5.41) is 47.0. The summed E-state index contributed by atoms with van der Waals surface area (Å²) >= 11 is 19.9. The van der Waals surface area contributed by atoms with Gasteiger partial charge in [-0.3, -0.25) is 23.6 Å². The van der Waals surface area contributed by atoms with Crippen LogP contribution in [0.4, 0.5) is 64.2 Å². The number of anilines is 5. The summed E-state index contributed by atoms with van der Waals surface area (Å²) < 4.78 is 266. The van der Waals surface area contributed by atoms with Crippen molar-refractivity contribution in [1.82, 2.24) is 68.5 Å². The molecule has 139 heavy (non-hydrogen) atoms. The number of hydrogen-bond acceptors (Lipinski definition) is 24. The van der Waals surface area contributed by atoms with Crippen LogP contribution in [-0.2, 0) is 82.2 Å². The number of aliphatic hydroxyl groups is 3. The van der Waals surface area contributed by atoms with Gasteiger partial charge in [-0.15, -0.1) is 10.2 Å². The van der Waals surface area contributed by atoms with E-state index in [0.717, 1.165) is 13.5 Å². The predicted octanol–water partition coefficient (Wildman–Crippen LogP) is 16.4. The number of rotatable bonds is 31. The molecule has 0 atom stereocenters. The normalized spacial score (nSPS) is 15.3. The van der Waals surface area contributed by atoms with Crippen LogP contribution in [0, 0.1) is 60.9 Å². The van der Waals surface area contributed by atoms with E-state index in [2.05, 4.69) is 122 Å². The molecule has 0 bridgehead atoms. The summed E-state index contributed by atoms with van der Waals surface area (Å²) in [6, 6.07) is 28.0. The van der Waals surface area contributed by atoms with Crippen molar-refractivity contribution in [3.05, 3.63) is 280 Å². The molecular formula is C87H79Br3ClF8I2N19O14S5. The summed E-state index contributed by atoms with van der Waals surface area (Å²) in [4.78, 5) is 20.7. The fourth-order valence-corrected chi connectivity index (χ4v) is 25.1. The Kier molecular flexibility index (Phi) is 30.2. The molecule has 734 valence electrons. The molecule has 52 heteroatoms. The topological polar surface area (TPSA) is 451 Å². The molecule has 0 unspecified atom stereocenters. The quantitative estimate of drug-likeness (QED) is 0.0114. The Bertz CT molecular complexity index is 7760. The first kappa shape index (κ1) is 102. The van der Waals surface area contributed by atoms with Gasteiger partial charge in [0.1, 0.15) is 51.9 Å². The van der Waals surface area contributed by atoms with E-state index >= 15 is 13.2 Å². The number of pyridine rings is 1. The minimum Gasteiger partial charge on any atom is -0.396 e. The van der Waals surface area contributed by atoms with E-state index in [0.29, 0.717) is 113 Å². The predicted molar refractivity (Wildman–Crippen MR) is 528 cm³/mol. The molecule has 0 amide bonds. The Morgan fingerprint density at radius 3 is 1.29 bits per heavy atom. The van der Waals surface area contributed by atoms with Gasteiger partial charge in [-0.05, 0) is 230 Å². The Hall–Kier alpha value is -9.54. The molecule has 15 aromatic rings. The van der Waals surface area contributed by atoms with E-state index in [1.807, 2.05) is 45.2 Å². The van der Waals surface area contributed by atoms with E-state index in [4.69, 9.17) is 16.1 Å². The number of halogens is 14. The molecule has 5 aliphatic carbocycles. The van der Waals surface area contributed by atoms with E-state index in [-0.39, 0.29) is 167 Å². The number of sulfonamides is 5. The number of nitrogens with one attached hydrogen (secondary N) is 5. The zero-order valence-corrected chi connectivity index (χ0v) is 86.2. The number of aromatic nitrogens is 14. The highest BCUT2D eigenvalue weighted by atomic mass is 127. The highest BCUT2D eigenvalue weighted by Gasteiger charge is 2.57. The average Bonchev–Trinajstić information content (AvgIpc) is 1.59. The maximum Gasteiger partial charge on any atom is 0.239 e. The van der Waals surface area contributed by atoms with Crippen LogP contribution in [0.1, 0.15) is 145 Å². The molecule has 0 radical (unpaired) electrons. The second-order valence-electron chi connectivity index (χ2n) is 33.5. The smallest absolute Gasteiger partial charge is 0.239 e. The number of fused-ring (bicyclic) bond motifs is 5. The second-order valence-corrected chi connectivity index (χ2v) is 49.3. The van der Waals surface area contributed by atoms with Crippen molar-refractivity contribution in [2.24, 2.45) is 0 Å². The van der Waals surface area contributed by atoms with Crippen LogP contribution < -0.4 is 23.6 Å². The SMILES string of the molecule is Cc1noc2c(F)c(Cc3ccc(Br)cc3F)c(NS(=O)(=O)C3CC3)nc12.O=S(=O)(Nc1nc2ccnn2c(F)c1Cc1ccc(I)cc1F)C1(CCO)CC1.O=S(=O)(Nc1nc2ccnn2c(F)c1Cc1ccc(I)cc1F)C1CC1.O=S(=O)(Nc1nn2ccnc2c(F)c1Cc1ccc(Br)cc1Cl)C1(CCO)CC1.O=S(=O)(Nc1nn2ccnc2cc1Cc1ccc(Br)cc1F)C1(CCO)CC1. The molecule has 0 aliphatic heterocycles. The zero-order valence-electron chi connectivity index (χ0n) is 72.3. The van der Waals surface area contributed by atoms with Gasteiger partial charge in [0.15, 0.2) is 45.9 Å². The first-order chi connectivity index (χ1) is 66.0. The maximum absolute atomic E-state index is 15.2. The van der Waals surface area contributed by atoms with Gasteiger partial charge in [0, 0.05) is 131 Å². The van der Waals surface area contributed by atoms with Crippen molar-refractivity contribution in [3.8, 4) is 0 Å². The number of nitrogens with zero attached hydrogens (tertiary/aromatic N) is 14. The van der Waals surface area contributed by atoms with E-state index in [1.54, 1.807) is 80.0 Å². The van der Waals surface area contributed by atoms with Crippen LogP contribution in [-0.4, -0.2) is 171 Å². The van der Waals surface area contributed by atoms with Gasteiger partial charge < -0.3 is 19.8 Å². The van der Waals surface area contributed by atoms with Gasteiger partial charge >= 0.3 is 0 Å². The molecule has 8 N–H and O–H groups in total. The van der Waals surface area contributed by atoms with E-state index < -0.39 is 122 Å². The third-order valence-corrected chi connectivity index (χ3v) is 37.3. The number of benzene rings is 5. The van der Waals surface area contributed by atoms with Crippen LogP contribution in [0.5, 0.6) is 0 Å². The molecule has 0 saturated heterocycles. The second kappa shape index (κ2) is 41.1. The maximum atomic E-state index is 15.2. The standard InChI is InChI=1S/C18H17BrClFN4O3S.C18H18BrFN4O3S.C18H17F2IN4O3S.C17H14BrF2N3O3S.C16H13F2IN4O2S/c19-12-2-1-11(14(20)10-12)9-13-15(21)17-22-6-7-25(17)23-16(13)24-29(27,28)18(3-4-18)5-8-26;19-14-2-1-12(15(20)11-14)9-13-10-16-21-6-7-24(16)22-17(13)23-28(26,27)18(3-4-18)5-8-25;19-14-10-12(21)2-1-11(14)9-13-16(20)25-15(3-7-22-25)23-17(13)24-29(27,28)18(4-5-18)6-8-26;1-8-15-16(26-22-8)14(20)12(6-9-2-3-10(18)7-13(9)19)17(21-15)23-27(24,25)11-4-5-11;17-13-8-10(19)2-1-9(13)7-12-15(18)23-14(5-6-20-23)21-16(12)22-26(24,25)11-3-4-11/h1-2,6-7,10,26H,3-5,8-9H2,(H,23,24);1-2,6-7,10-11,25H,3-5,8-9H2,(H,22,23);1-3,7,10,26H,4-6,8-9H2,(H,23,24);2-3,7,11H,4-6H2,1H3,(H,21,23);1-2,5-6,8,11H,3-4,7H2,(H,21,22). The van der Waals surface area contributed by atoms with Crippen molar-refractivity contribution in [1.29, 1.82) is 0 Å². The Labute approximate surface area is 845 Å². The summed E-state index contributed by atoms with van der Waals surface area (Å²) in [6.45, 7) is 0.854. The minimum absolute atomic E-state index is 0.00678. The van der Waals surface area contributed by atoms with Crippen LogP contribution in [0.2, 0.25) is 5.02 Å². The largest absolute Gasteiger partial charge is 0.396 e. The first-order valence-corrected chi connectivity index (χ1v) is 54.9. The van der Waals surface area contributed by atoms with Crippen molar-refractivity contribution >= 4 is 217 Å². The number of hydrogen-bond donors (Lipinski definition) is 8. The monoisotopic (exact) mass is 2450 g/mol.